The lowest BCUT2D eigenvalue weighted by molar-refractivity contribution is 0.0520. The van der Waals surface area contributed by atoms with Crippen LogP contribution < -0.4 is 4.74 Å². The number of benzene rings is 2. The molecule has 1 heterocycles. The zero-order chi connectivity index (χ0) is 18.5. The van der Waals surface area contributed by atoms with E-state index in [9.17, 15) is 9.18 Å². The summed E-state index contributed by atoms with van der Waals surface area (Å²) >= 11 is 3.22. The Morgan fingerprint density at radius 3 is 2.65 bits per heavy atom. The van der Waals surface area contributed by atoms with Crippen molar-refractivity contribution >= 4 is 21.9 Å². The molecular formula is C18H15BrFN3O3. The molecule has 1 aromatic heterocycles. The second-order valence-electron chi connectivity index (χ2n) is 5.29. The number of hydrogen-bond acceptors (Lipinski definition) is 5. The molecule has 6 nitrogen and oxygen atoms in total. The van der Waals surface area contributed by atoms with Crippen molar-refractivity contribution in [3.63, 3.8) is 0 Å². The predicted octanol–water partition coefficient (Wildman–Crippen LogP) is 4.13. The maximum Gasteiger partial charge on any atom is 0.361 e. The van der Waals surface area contributed by atoms with Crippen LogP contribution >= 0.6 is 15.9 Å². The molecule has 26 heavy (non-hydrogen) atoms. The molecule has 3 rings (SSSR count). The van der Waals surface area contributed by atoms with Gasteiger partial charge in [-0.15, -0.1) is 5.10 Å². The fourth-order valence-corrected chi connectivity index (χ4v) is 2.62. The highest BCUT2D eigenvalue weighted by atomic mass is 79.9. The highest BCUT2D eigenvalue weighted by Crippen LogP contribution is 2.24. The SMILES string of the molecule is CCOC(=O)c1n[nH]nc1-c1ccc(OCc2ccc(Br)cc2F)cc1. The van der Waals surface area contributed by atoms with Crippen LogP contribution in [0.15, 0.2) is 46.9 Å². The second kappa shape index (κ2) is 8.09. The smallest absolute Gasteiger partial charge is 0.361 e. The Hall–Kier alpha value is -2.74. The Bertz CT molecular complexity index is 912. The summed E-state index contributed by atoms with van der Waals surface area (Å²) in [6, 6.07) is 11.7. The quantitative estimate of drug-likeness (QED) is 0.607. The summed E-state index contributed by atoms with van der Waals surface area (Å²) in [5, 5.41) is 10.3. The number of nitrogens with one attached hydrogen (secondary N) is 1. The van der Waals surface area contributed by atoms with Crippen LogP contribution in [-0.4, -0.2) is 28.0 Å². The number of hydrogen-bond donors (Lipinski definition) is 1. The van der Waals surface area contributed by atoms with Crippen LogP contribution in [0.2, 0.25) is 0 Å². The van der Waals surface area contributed by atoms with Crippen LogP contribution in [0.4, 0.5) is 4.39 Å². The Morgan fingerprint density at radius 1 is 1.19 bits per heavy atom. The van der Waals surface area contributed by atoms with Crippen LogP contribution in [-0.2, 0) is 11.3 Å². The van der Waals surface area contributed by atoms with Crippen LogP contribution in [0, 0.1) is 5.82 Å². The number of H-pyrrole nitrogens is 1. The van der Waals surface area contributed by atoms with Gasteiger partial charge in [0.25, 0.3) is 0 Å². The molecule has 1 N–H and O–H groups in total. The standard InChI is InChI=1S/C18H15BrFN3O3/c1-2-25-18(24)17-16(21-23-22-17)11-4-7-14(8-5-11)26-10-12-3-6-13(19)9-15(12)20/h3-9H,2,10H2,1H3,(H,21,22,23). The normalized spacial score (nSPS) is 10.6. The van der Waals surface area contributed by atoms with Gasteiger partial charge in [0.05, 0.1) is 6.61 Å². The lowest BCUT2D eigenvalue weighted by Crippen LogP contribution is -2.06. The highest BCUT2D eigenvalue weighted by molar-refractivity contribution is 9.10. The summed E-state index contributed by atoms with van der Waals surface area (Å²) in [6.07, 6.45) is 0. The monoisotopic (exact) mass is 419 g/mol. The number of carbonyl (C=O) groups is 1. The fourth-order valence-electron chi connectivity index (χ4n) is 2.28. The molecule has 0 atom stereocenters. The van der Waals surface area contributed by atoms with E-state index < -0.39 is 5.97 Å². The molecule has 0 fully saturated rings. The minimum atomic E-state index is -0.540. The minimum Gasteiger partial charge on any atom is -0.489 e. The first-order valence-corrected chi connectivity index (χ1v) is 8.63. The van der Waals surface area contributed by atoms with Crippen LogP contribution in [0.5, 0.6) is 5.75 Å². The molecule has 0 aliphatic rings. The first-order valence-electron chi connectivity index (χ1n) is 7.83. The molecule has 0 saturated heterocycles. The summed E-state index contributed by atoms with van der Waals surface area (Å²) in [7, 11) is 0. The fraction of sp³-hybridized carbons (Fsp3) is 0.167. The molecular weight excluding hydrogens is 405 g/mol. The number of carbonyl (C=O) groups excluding carboxylic acids is 1. The van der Waals surface area contributed by atoms with Crippen molar-refractivity contribution in [2.24, 2.45) is 0 Å². The van der Waals surface area contributed by atoms with E-state index in [1.807, 2.05) is 0 Å². The maximum atomic E-state index is 13.8. The van der Waals surface area contributed by atoms with Gasteiger partial charge in [0.2, 0.25) is 0 Å². The second-order valence-corrected chi connectivity index (χ2v) is 6.21. The van der Waals surface area contributed by atoms with Crippen LogP contribution in [0.1, 0.15) is 23.0 Å². The van der Waals surface area contributed by atoms with E-state index >= 15 is 0 Å². The summed E-state index contributed by atoms with van der Waals surface area (Å²) < 4.78 is 25.1. The number of rotatable bonds is 6. The zero-order valence-corrected chi connectivity index (χ0v) is 15.4. The van der Waals surface area contributed by atoms with Crippen molar-refractivity contribution in [3.05, 3.63) is 64.0 Å². The first-order chi connectivity index (χ1) is 12.6. The van der Waals surface area contributed by atoms with Gasteiger partial charge in [0.1, 0.15) is 23.9 Å². The van der Waals surface area contributed by atoms with Crippen molar-refractivity contribution in [1.29, 1.82) is 0 Å². The Balaban J connectivity index is 1.71. The summed E-state index contributed by atoms with van der Waals surface area (Å²) in [5.74, 6) is -0.308. The van der Waals surface area contributed by atoms with Gasteiger partial charge >= 0.3 is 5.97 Å². The van der Waals surface area contributed by atoms with Crippen molar-refractivity contribution in [2.75, 3.05) is 6.61 Å². The van der Waals surface area contributed by atoms with Gasteiger partial charge in [-0.2, -0.15) is 10.3 Å². The summed E-state index contributed by atoms with van der Waals surface area (Å²) in [4.78, 5) is 11.9. The molecule has 0 saturated carbocycles. The predicted molar refractivity (Wildman–Crippen MR) is 96.2 cm³/mol. The molecule has 2 aromatic carbocycles. The van der Waals surface area contributed by atoms with E-state index in [-0.39, 0.29) is 24.7 Å². The summed E-state index contributed by atoms with van der Waals surface area (Å²) in [6.45, 7) is 2.08. The average molecular weight is 420 g/mol. The van der Waals surface area contributed by atoms with Crippen molar-refractivity contribution in [2.45, 2.75) is 13.5 Å². The molecule has 0 bridgehead atoms. The van der Waals surface area contributed by atoms with Crippen molar-refractivity contribution < 1.29 is 18.7 Å². The minimum absolute atomic E-state index is 0.108. The molecule has 8 heteroatoms. The van der Waals surface area contributed by atoms with Crippen LogP contribution in [0.3, 0.4) is 0 Å². The molecule has 0 radical (unpaired) electrons. The number of aromatic amines is 1. The molecule has 0 aliphatic heterocycles. The van der Waals surface area contributed by atoms with E-state index in [1.165, 1.54) is 6.07 Å². The number of nitrogens with zero attached hydrogens (tertiary/aromatic N) is 2. The Kier molecular flexibility index (Phi) is 5.62. The van der Waals surface area contributed by atoms with Gasteiger partial charge in [-0.1, -0.05) is 22.0 Å². The number of aromatic nitrogens is 3. The third kappa shape index (κ3) is 4.08. The third-order valence-electron chi connectivity index (χ3n) is 3.55. The largest absolute Gasteiger partial charge is 0.489 e. The van der Waals surface area contributed by atoms with Gasteiger partial charge in [-0.05, 0) is 43.3 Å². The highest BCUT2D eigenvalue weighted by Gasteiger charge is 2.18. The third-order valence-corrected chi connectivity index (χ3v) is 4.05. The zero-order valence-electron chi connectivity index (χ0n) is 13.8. The molecule has 134 valence electrons. The van der Waals surface area contributed by atoms with Gasteiger partial charge in [-0.25, -0.2) is 9.18 Å². The Morgan fingerprint density at radius 2 is 1.96 bits per heavy atom. The van der Waals surface area contributed by atoms with Gasteiger partial charge in [0.15, 0.2) is 5.69 Å². The molecule has 0 aliphatic carbocycles. The van der Waals surface area contributed by atoms with Gasteiger partial charge < -0.3 is 9.47 Å². The number of halogens is 2. The maximum absolute atomic E-state index is 13.8. The van der Waals surface area contributed by atoms with E-state index in [0.29, 0.717) is 27.0 Å². The average Bonchev–Trinajstić information content (AvgIpc) is 3.11. The van der Waals surface area contributed by atoms with Crippen molar-refractivity contribution in [3.8, 4) is 17.0 Å². The number of ether oxygens (including phenoxy) is 2. The van der Waals surface area contributed by atoms with Gasteiger partial charge in [-0.3, -0.25) is 0 Å². The van der Waals surface area contributed by atoms with E-state index in [4.69, 9.17) is 9.47 Å². The van der Waals surface area contributed by atoms with Gasteiger partial charge in [0, 0.05) is 15.6 Å². The molecule has 0 unspecified atom stereocenters. The van der Waals surface area contributed by atoms with Crippen molar-refractivity contribution in [1.82, 2.24) is 15.4 Å². The Labute approximate surface area is 157 Å². The lowest BCUT2D eigenvalue weighted by atomic mass is 10.1. The lowest BCUT2D eigenvalue weighted by Gasteiger charge is -2.08. The van der Waals surface area contributed by atoms with E-state index in [0.717, 1.165) is 0 Å². The topological polar surface area (TPSA) is 77.1 Å². The first kappa shape index (κ1) is 18.1. The van der Waals surface area contributed by atoms with E-state index in [1.54, 1.807) is 43.3 Å². The summed E-state index contributed by atoms with van der Waals surface area (Å²) in [5.41, 5.74) is 1.66. The number of esters is 1. The molecule has 3 aromatic rings. The van der Waals surface area contributed by atoms with Crippen LogP contribution in [0.25, 0.3) is 11.3 Å². The van der Waals surface area contributed by atoms with E-state index in [2.05, 4.69) is 31.3 Å². The molecule has 0 amide bonds. The molecule has 0 spiro atoms.